The van der Waals surface area contributed by atoms with E-state index in [2.05, 4.69) is 6.92 Å². The molecule has 4 heteroatoms. The summed E-state index contributed by atoms with van der Waals surface area (Å²) >= 11 is 0. The van der Waals surface area contributed by atoms with Gasteiger partial charge in [-0.05, 0) is 31.4 Å². The normalized spacial score (nSPS) is 18.9. The van der Waals surface area contributed by atoms with Crippen LogP contribution in [0.25, 0.3) is 0 Å². The number of benzene rings is 1. The number of carbonyl (C=O) groups is 1. The molecule has 1 aromatic rings. The van der Waals surface area contributed by atoms with Crippen LogP contribution in [0.2, 0.25) is 0 Å². The quantitative estimate of drug-likeness (QED) is 0.830. The summed E-state index contributed by atoms with van der Waals surface area (Å²) in [4.78, 5) is 14.0. The third kappa shape index (κ3) is 2.94. The molecular weight excluding hydrogens is 228 g/mol. The van der Waals surface area contributed by atoms with Crippen LogP contribution in [0.3, 0.4) is 0 Å². The maximum absolute atomic E-state index is 12.0. The Labute approximate surface area is 108 Å². The maximum Gasteiger partial charge on any atom is 0.260 e. The van der Waals surface area contributed by atoms with Gasteiger partial charge in [0, 0.05) is 24.3 Å². The van der Waals surface area contributed by atoms with Crippen molar-refractivity contribution in [1.29, 1.82) is 0 Å². The molecule has 0 radical (unpaired) electrons. The minimum Gasteiger partial charge on any atom is -0.484 e. The molecule has 1 aliphatic rings. The van der Waals surface area contributed by atoms with Gasteiger partial charge >= 0.3 is 0 Å². The highest BCUT2D eigenvalue weighted by molar-refractivity contribution is 5.78. The van der Waals surface area contributed by atoms with Gasteiger partial charge in [0.05, 0.1) is 0 Å². The Balaban J connectivity index is 1.88. The summed E-state index contributed by atoms with van der Waals surface area (Å²) in [5.41, 5.74) is 6.30. The highest BCUT2D eigenvalue weighted by Crippen LogP contribution is 2.20. The van der Waals surface area contributed by atoms with Crippen molar-refractivity contribution >= 4 is 11.6 Å². The van der Waals surface area contributed by atoms with Gasteiger partial charge in [0.2, 0.25) is 0 Å². The van der Waals surface area contributed by atoms with E-state index in [1.807, 2.05) is 17.0 Å². The molecule has 1 aliphatic heterocycles. The summed E-state index contributed by atoms with van der Waals surface area (Å²) in [5, 5.41) is 0. The maximum atomic E-state index is 12.0. The molecule has 1 saturated heterocycles. The zero-order valence-corrected chi connectivity index (χ0v) is 10.8. The van der Waals surface area contributed by atoms with Crippen molar-refractivity contribution in [2.75, 3.05) is 18.9 Å². The number of carbonyl (C=O) groups excluding carboxylic acids is 1. The number of hydrogen-bond acceptors (Lipinski definition) is 3. The monoisotopic (exact) mass is 248 g/mol. The first-order valence-electron chi connectivity index (χ1n) is 6.48. The second-order valence-corrected chi connectivity index (χ2v) is 4.65. The minimum atomic E-state index is 0.0711. The van der Waals surface area contributed by atoms with E-state index in [9.17, 15) is 4.79 Å². The number of anilines is 1. The van der Waals surface area contributed by atoms with Crippen molar-refractivity contribution in [1.82, 2.24) is 4.90 Å². The molecule has 0 saturated carbocycles. The molecule has 0 spiro atoms. The largest absolute Gasteiger partial charge is 0.484 e. The van der Waals surface area contributed by atoms with Gasteiger partial charge in [0.1, 0.15) is 5.75 Å². The Bertz CT molecular complexity index is 420. The molecule has 1 atom stereocenters. The van der Waals surface area contributed by atoms with Crippen molar-refractivity contribution < 1.29 is 9.53 Å². The molecule has 2 rings (SSSR count). The van der Waals surface area contributed by atoms with Gasteiger partial charge in [-0.3, -0.25) is 4.79 Å². The second-order valence-electron chi connectivity index (χ2n) is 4.65. The predicted molar refractivity (Wildman–Crippen MR) is 71.4 cm³/mol. The van der Waals surface area contributed by atoms with Crippen molar-refractivity contribution in [3.63, 3.8) is 0 Å². The average molecular weight is 248 g/mol. The molecule has 18 heavy (non-hydrogen) atoms. The van der Waals surface area contributed by atoms with E-state index >= 15 is 0 Å². The number of nitrogen functional groups attached to an aromatic ring is 1. The number of amides is 1. The molecule has 0 bridgehead atoms. The topological polar surface area (TPSA) is 55.6 Å². The minimum absolute atomic E-state index is 0.0711. The van der Waals surface area contributed by atoms with Crippen LogP contribution in [0, 0.1) is 0 Å². The summed E-state index contributed by atoms with van der Waals surface area (Å²) in [6.45, 7) is 3.08. The van der Waals surface area contributed by atoms with E-state index in [4.69, 9.17) is 10.5 Å². The van der Waals surface area contributed by atoms with Crippen molar-refractivity contribution in [2.45, 2.75) is 32.2 Å². The summed E-state index contributed by atoms with van der Waals surface area (Å²) in [6, 6.07) is 7.55. The number of nitrogens with two attached hydrogens (primary N) is 1. The first kappa shape index (κ1) is 12.7. The van der Waals surface area contributed by atoms with E-state index in [-0.39, 0.29) is 12.5 Å². The van der Waals surface area contributed by atoms with Gasteiger partial charge in [-0.25, -0.2) is 0 Å². The van der Waals surface area contributed by atoms with E-state index in [1.165, 1.54) is 0 Å². The molecule has 0 aromatic heterocycles. The van der Waals surface area contributed by atoms with E-state index in [0.717, 1.165) is 25.8 Å². The van der Waals surface area contributed by atoms with Crippen molar-refractivity contribution in [3.8, 4) is 5.75 Å². The first-order valence-corrected chi connectivity index (χ1v) is 6.48. The summed E-state index contributed by atoms with van der Waals surface area (Å²) in [6.07, 6.45) is 3.23. The molecule has 1 aromatic carbocycles. The lowest BCUT2D eigenvalue weighted by Gasteiger charge is -2.23. The molecule has 1 amide bonds. The molecule has 2 N–H and O–H groups in total. The third-order valence-corrected chi connectivity index (χ3v) is 3.39. The van der Waals surface area contributed by atoms with Crippen molar-refractivity contribution in [2.24, 2.45) is 0 Å². The van der Waals surface area contributed by atoms with E-state index < -0.39 is 0 Å². The lowest BCUT2D eigenvalue weighted by atomic mass is 10.2. The second kappa shape index (κ2) is 5.76. The van der Waals surface area contributed by atoms with Gasteiger partial charge in [-0.15, -0.1) is 0 Å². The number of rotatable bonds is 4. The van der Waals surface area contributed by atoms with E-state index in [0.29, 0.717) is 17.5 Å². The highest BCUT2D eigenvalue weighted by Gasteiger charge is 2.27. The summed E-state index contributed by atoms with van der Waals surface area (Å²) in [5.74, 6) is 0.720. The third-order valence-electron chi connectivity index (χ3n) is 3.39. The number of ether oxygens (including phenoxy) is 1. The van der Waals surface area contributed by atoms with Crippen LogP contribution in [0.1, 0.15) is 26.2 Å². The molecule has 0 aliphatic carbocycles. The lowest BCUT2D eigenvalue weighted by molar-refractivity contribution is -0.134. The van der Waals surface area contributed by atoms with Crippen LogP contribution < -0.4 is 10.5 Å². The van der Waals surface area contributed by atoms with Crippen LogP contribution in [0.15, 0.2) is 24.3 Å². The van der Waals surface area contributed by atoms with Crippen LogP contribution in [0.4, 0.5) is 5.69 Å². The average Bonchev–Trinajstić information content (AvgIpc) is 2.84. The van der Waals surface area contributed by atoms with Crippen LogP contribution in [0.5, 0.6) is 5.75 Å². The van der Waals surface area contributed by atoms with E-state index in [1.54, 1.807) is 12.1 Å². The molecule has 1 heterocycles. The zero-order valence-electron chi connectivity index (χ0n) is 10.8. The Morgan fingerprint density at radius 2 is 2.39 bits per heavy atom. The predicted octanol–water partition coefficient (Wildman–Crippen LogP) is 2.05. The summed E-state index contributed by atoms with van der Waals surface area (Å²) < 4.78 is 5.48. The van der Waals surface area contributed by atoms with Crippen LogP contribution in [-0.4, -0.2) is 30.0 Å². The standard InChI is InChI=1S/C14H20N2O2/c1-2-12-6-4-8-16(12)14(17)10-18-13-7-3-5-11(15)9-13/h3,5,7,9,12H,2,4,6,8,10,15H2,1H3. The van der Waals surface area contributed by atoms with Crippen LogP contribution in [-0.2, 0) is 4.79 Å². The van der Waals surface area contributed by atoms with Gasteiger partial charge < -0.3 is 15.4 Å². The summed E-state index contributed by atoms with van der Waals surface area (Å²) in [7, 11) is 0. The molecule has 98 valence electrons. The van der Waals surface area contributed by atoms with Gasteiger partial charge in [-0.2, -0.15) is 0 Å². The van der Waals surface area contributed by atoms with Crippen LogP contribution >= 0.6 is 0 Å². The lowest BCUT2D eigenvalue weighted by Crippen LogP contribution is -2.38. The SMILES string of the molecule is CCC1CCCN1C(=O)COc1cccc(N)c1. The molecular formula is C14H20N2O2. The Morgan fingerprint density at radius 3 is 3.11 bits per heavy atom. The fraction of sp³-hybridized carbons (Fsp3) is 0.500. The smallest absolute Gasteiger partial charge is 0.260 e. The first-order chi connectivity index (χ1) is 8.70. The molecule has 4 nitrogen and oxygen atoms in total. The van der Waals surface area contributed by atoms with Crippen molar-refractivity contribution in [3.05, 3.63) is 24.3 Å². The Morgan fingerprint density at radius 1 is 1.56 bits per heavy atom. The van der Waals surface area contributed by atoms with Gasteiger partial charge in [-0.1, -0.05) is 13.0 Å². The number of likely N-dealkylation sites (tertiary alicyclic amines) is 1. The van der Waals surface area contributed by atoms with Gasteiger partial charge in [0.15, 0.2) is 6.61 Å². The molecule has 1 unspecified atom stereocenters. The number of nitrogens with zero attached hydrogens (tertiary/aromatic N) is 1. The molecule has 1 fully saturated rings. The fourth-order valence-corrected chi connectivity index (χ4v) is 2.42. The Hall–Kier alpha value is -1.71. The number of hydrogen-bond donors (Lipinski definition) is 1. The fourth-order valence-electron chi connectivity index (χ4n) is 2.42. The highest BCUT2D eigenvalue weighted by atomic mass is 16.5. The zero-order chi connectivity index (χ0) is 13.0. The van der Waals surface area contributed by atoms with Gasteiger partial charge in [0.25, 0.3) is 5.91 Å². The Kier molecular flexibility index (Phi) is 4.07.